The lowest BCUT2D eigenvalue weighted by molar-refractivity contribution is -0.136. The molecule has 0 aliphatic rings. The molecule has 15 heavy (non-hydrogen) atoms. The van der Waals surface area contributed by atoms with Gasteiger partial charge in [-0.05, 0) is 25.5 Å². The number of aliphatic carboxylic acids is 1. The Morgan fingerprint density at radius 3 is 2.87 bits per heavy atom. The summed E-state index contributed by atoms with van der Waals surface area (Å²) in [6.45, 7) is 3.86. The highest BCUT2D eigenvalue weighted by molar-refractivity contribution is 5.70. The van der Waals surface area contributed by atoms with E-state index in [1.54, 1.807) is 0 Å². The summed E-state index contributed by atoms with van der Waals surface area (Å²) in [6, 6.07) is 3.96. The fraction of sp³-hybridized carbons (Fsp3) is 0.273. The molecule has 0 bridgehead atoms. The standard InChI is InChI=1S/C11H12N2O2/c1-7-3-4-9-8(2)12-10(5-11(14)15)13(9)6-7/h3-4,6H,5H2,1-2H3,(H,14,15). The van der Waals surface area contributed by atoms with E-state index in [0.717, 1.165) is 16.8 Å². The first kappa shape index (κ1) is 9.71. The van der Waals surface area contributed by atoms with Crippen LogP contribution in [-0.4, -0.2) is 20.5 Å². The summed E-state index contributed by atoms with van der Waals surface area (Å²) in [4.78, 5) is 14.9. The van der Waals surface area contributed by atoms with E-state index in [1.807, 2.05) is 36.6 Å². The van der Waals surface area contributed by atoms with E-state index >= 15 is 0 Å². The second-order valence-corrected chi connectivity index (χ2v) is 3.65. The van der Waals surface area contributed by atoms with Crippen molar-refractivity contribution >= 4 is 11.5 Å². The largest absolute Gasteiger partial charge is 0.481 e. The first-order chi connectivity index (χ1) is 7.08. The fourth-order valence-corrected chi connectivity index (χ4v) is 1.68. The summed E-state index contributed by atoms with van der Waals surface area (Å²) in [5.41, 5.74) is 2.93. The van der Waals surface area contributed by atoms with Gasteiger partial charge in [-0.25, -0.2) is 4.98 Å². The zero-order valence-corrected chi connectivity index (χ0v) is 8.69. The molecule has 1 N–H and O–H groups in total. The maximum Gasteiger partial charge on any atom is 0.311 e. The normalized spacial score (nSPS) is 10.8. The molecule has 0 saturated carbocycles. The highest BCUT2D eigenvalue weighted by atomic mass is 16.4. The van der Waals surface area contributed by atoms with Crippen molar-refractivity contribution in [2.45, 2.75) is 20.3 Å². The van der Waals surface area contributed by atoms with Crippen LogP contribution in [0.2, 0.25) is 0 Å². The molecule has 0 unspecified atom stereocenters. The predicted molar refractivity (Wildman–Crippen MR) is 56.0 cm³/mol. The highest BCUT2D eigenvalue weighted by Crippen LogP contribution is 2.14. The second-order valence-electron chi connectivity index (χ2n) is 3.65. The van der Waals surface area contributed by atoms with Crippen LogP contribution in [0.4, 0.5) is 0 Å². The minimum atomic E-state index is -0.858. The maximum atomic E-state index is 10.7. The van der Waals surface area contributed by atoms with Gasteiger partial charge in [0.25, 0.3) is 0 Å². The maximum absolute atomic E-state index is 10.7. The van der Waals surface area contributed by atoms with Crippen molar-refractivity contribution in [3.8, 4) is 0 Å². The molecule has 0 aliphatic heterocycles. The van der Waals surface area contributed by atoms with E-state index in [1.165, 1.54) is 0 Å². The zero-order chi connectivity index (χ0) is 11.0. The van der Waals surface area contributed by atoms with Gasteiger partial charge in [0.2, 0.25) is 0 Å². The summed E-state index contributed by atoms with van der Waals surface area (Å²) >= 11 is 0. The predicted octanol–water partition coefficient (Wildman–Crippen LogP) is 1.58. The molecule has 0 amide bonds. The van der Waals surface area contributed by atoms with Crippen molar-refractivity contribution in [1.82, 2.24) is 9.38 Å². The van der Waals surface area contributed by atoms with Gasteiger partial charge in [0.1, 0.15) is 12.2 Å². The Bertz CT molecular complexity index is 529. The van der Waals surface area contributed by atoms with Crippen LogP contribution in [0.15, 0.2) is 18.3 Å². The van der Waals surface area contributed by atoms with Crippen LogP contribution in [-0.2, 0) is 11.2 Å². The van der Waals surface area contributed by atoms with Gasteiger partial charge >= 0.3 is 5.97 Å². The van der Waals surface area contributed by atoms with E-state index in [0.29, 0.717) is 5.82 Å². The molecule has 0 saturated heterocycles. The average molecular weight is 204 g/mol. The number of aromatic nitrogens is 2. The van der Waals surface area contributed by atoms with Crippen LogP contribution >= 0.6 is 0 Å². The summed E-state index contributed by atoms with van der Waals surface area (Å²) in [6.07, 6.45) is 1.87. The van der Waals surface area contributed by atoms with Crippen LogP contribution in [0.5, 0.6) is 0 Å². The second kappa shape index (κ2) is 3.38. The Morgan fingerprint density at radius 2 is 2.20 bits per heavy atom. The zero-order valence-electron chi connectivity index (χ0n) is 8.69. The molecule has 2 heterocycles. The third-order valence-electron chi connectivity index (χ3n) is 2.35. The van der Waals surface area contributed by atoms with E-state index < -0.39 is 5.97 Å². The number of hydrogen-bond donors (Lipinski definition) is 1. The number of pyridine rings is 1. The van der Waals surface area contributed by atoms with Gasteiger partial charge in [-0.3, -0.25) is 4.79 Å². The highest BCUT2D eigenvalue weighted by Gasteiger charge is 2.10. The Labute approximate surface area is 87.2 Å². The lowest BCUT2D eigenvalue weighted by atomic mass is 10.3. The molecular weight excluding hydrogens is 192 g/mol. The van der Waals surface area contributed by atoms with Gasteiger partial charge in [0, 0.05) is 6.20 Å². The minimum Gasteiger partial charge on any atom is -0.481 e. The molecule has 0 atom stereocenters. The first-order valence-electron chi connectivity index (χ1n) is 4.74. The fourth-order valence-electron chi connectivity index (χ4n) is 1.68. The molecular formula is C11H12N2O2. The molecule has 2 aromatic heterocycles. The Hall–Kier alpha value is -1.84. The average Bonchev–Trinajstić information content (AvgIpc) is 2.42. The van der Waals surface area contributed by atoms with Gasteiger partial charge in [0.15, 0.2) is 0 Å². The van der Waals surface area contributed by atoms with Crippen molar-refractivity contribution in [2.24, 2.45) is 0 Å². The first-order valence-corrected chi connectivity index (χ1v) is 4.74. The summed E-state index contributed by atoms with van der Waals surface area (Å²) in [5, 5.41) is 8.75. The van der Waals surface area contributed by atoms with Crippen LogP contribution in [0.3, 0.4) is 0 Å². The van der Waals surface area contributed by atoms with Crippen LogP contribution in [0, 0.1) is 13.8 Å². The number of carbonyl (C=O) groups is 1. The van der Waals surface area contributed by atoms with E-state index in [4.69, 9.17) is 5.11 Å². The number of aryl methyl sites for hydroxylation is 2. The van der Waals surface area contributed by atoms with Crippen LogP contribution in [0.1, 0.15) is 17.1 Å². The van der Waals surface area contributed by atoms with Crippen molar-refractivity contribution < 1.29 is 9.90 Å². The molecule has 2 rings (SSSR count). The Kier molecular flexibility index (Phi) is 2.19. The van der Waals surface area contributed by atoms with Crippen molar-refractivity contribution in [3.05, 3.63) is 35.4 Å². The summed E-state index contributed by atoms with van der Waals surface area (Å²) in [5.74, 6) is -0.276. The quantitative estimate of drug-likeness (QED) is 0.808. The molecule has 4 heteroatoms. The van der Waals surface area contributed by atoms with Crippen molar-refractivity contribution in [2.75, 3.05) is 0 Å². The summed E-state index contributed by atoms with van der Waals surface area (Å²) in [7, 11) is 0. The van der Waals surface area contributed by atoms with Crippen LogP contribution < -0.4 is 0 Å². The molecule has 2 aromatic rings. The number of imidazole rings is 1. The lowest BCUT2D eigenvalue weighted by Crippen LogP contribution is -2.04. The number of nitrogens with zero attached hydrogens (tertiary/aromatic N) is 2. The number of carboxylic acids is 1. The minimum absolute atomic E-state index is 0.0432. The molecule has 0 aliphatic carbocycles. The molecule has 0 spiro atoms. The molecule has 0 fully saturated rings. The van der Waals surface area contributed by atoms with E-state index in [2.05, 4.69) is 4.98 Å². The Morgan fingerprint density at radius 1 is 1.47 bits per heavy atom. The van der Waals surface area contributed by atoms with Crippen molar-refractivity contribution in [1.29, 1.82) is 0 Å². The lowest BCUT2D eigenvalue weighted by Gasteiger charge is -1.99. The topological polar surface area (TPSA) is 54.6 Å². The number of hydrogen-bond acceptors (Lipinski definition) is 2. The molecule has 0 aromatic carbocycles. The third kappa shape index (κ3) is 1.70. The SMILES string of the molecule is Cc1ccc2c(C)nc(CC(=O)O)n2c1. The van der Waals surface area contributed by atoms with Crippen molar-refractivity contribution in [3.63, 3.8) is 0 Å². The van der Waals surface area contributed by atoms with Gasteiger partial charge in [-0.15, -0.1) is 0 Å². The molecule has 0 radical (unpaired) electrons. The summed E-state index contributed by atoms with van der Waals surface area (Å²) < 4.78 is 1.85. The smallest absolute Gasteiger partial charge is 0.311 e. The number of carboxylic acid groups (broad SMARTS) is 1. The van der Waals surface area contributed by atoms with Gasteiger partial charge in [-0.2, -0.15) is 0 Å². The van der Waals surface area contributed by atoms with Gasteiger partial charge < -0.3 is 9.51 Å². The van der Waals surface area contributed by atoms with Crippen LogP contribution in [0.25, 0.3) is 5.52 Å². The third-order valence-corrected chi connectivity index (χ3v) is 2.35. The monoisotopic (exact) mass is 204 g/mol. The van der Waals surface area contributed by atoms with Gasteiger partial charge in [0.05, 0.1) is 11.2 Å². The number of rotatable bonds is 2. The Balaban J connectivity index is 2.64. The number of fused-ring (bicyclic) bond motifs is 1. The molecule has 4 nitrogen and oxygen atoms in total. The van der Waals surface area contributed by atoms with E-state index in [9.17, 15) is 4.79 Å². The molecule has 78 valence electrons. The van der Waals surface area contributed by atoms with Gasteiger partial charge in [-0.1, -0.05) is 6.07 Å². The van der Waals surface area contributed by atoms with E-state index in [-0.39, 0.29) is 6.42 Å².